The number of benzene rings is 1. The topological polar surface area (TPSA) is 55.4 Å². The first-order valence-corrected chi connectivity index (χ1v) is 8.24. The van der Waals surface area contributed by atoms with E-state index in [2.05, 4.69) is 5.32 Å². The Morgan fingerprint density at radius 2 is 1.78 bits per heavy atom. The van der Waals surface area contributed by atoms with Crippen LogP contribution in [0, 0.1) is 18.8 Å². The minimum Gasteiger partial charge on any atom is -0.462 e. The molecule has 0 aromatic heterocycles. The van der Waals surface area contributed by atoms with Crippen LogP contribution < -0.4 is 5.32 Å². The molecule has 0 aliphatic heterocycles. The number of ether oxygens (including phenoxy) is 1. The minimum atomic E-state index is -0.403. The number of carbonyl (C=O) groups excluding carboxylic acids is 2. The maximum Gasteiger partial charge on any atom is 0.310 e. The lowest BCUT2D eigenvalue weighted by Crippen LogP contribution is -2.36. The maximum atomic E-state index is 12.6. The van der Waals surface area contributed by atoms with Crippen molar-refractivity contribution in [1.82, 2.24) is 0 Å². The van der Waals surface area contributed by atoms with E-state index in [1.54, 1.807) is 0 Å². The van der Waals surface area contributed by atoms with E-state index in [1.165, 1.54) is 0 Å². The molecule has 0 heterocycles. The summed E-state index contributed by atoms with van der Waals surface area (Å²) in [6, 6.07) is 7.65. The highest BCUT2D eigenvalue weighted by atomic mass is 16.5. The molecule has 0 saturated heterocycles. The summed E-state index contributed by atoms with van der Waals surface area (Å²) in [5, 5.41) is 2.91. The zero-order valence-corrected chi connectivity index (χ0v) is 14.0. The number of hydrogen-bond acceptors (Lipinski definition) is 3. The molecular weight excluding hydrogens is 290 g/mol. The number of carbonyl (C=O) groups is 2. The molecule has 0 saturated carbocycles. The van der Waals surface area contributed by atoms with Crippen LogP contribution in [0.4, 0.5) is 5.69 Å². The number of aryl methyl sites for hydroxylation is 1. The summed E-state index contributed by atoms with van der Waals surface area (Å²) >= 11 is 0. The van der Waals surface area contributed by atoms with E-state index in [1.807, 2.05) is 57.2 Å². The summed E-state index contributed by atoms with van der Waals surface area (Å²) in [6.07, 6.45) is 5.70. The van der Waals surface area contributed by atoms with Gasteiger partial charge in [0.25, 0.3) is 0 Å². The second kappa shape index (κ2) is 7.95. The van der Waals surface area contributed by atoms with Crippen LogP contribution in [0.1, 0.15) is 38.7 Å². The van der Waals surface area contributed by atoms with Gasteiger partial charge >= 0.3 is 5.97 Å². The van der Waals surface area contributed by atoms with Gasteiger partial charge in [-0.25, -0.2) is 0 Å². The Morgan fingerprint density at radius 3 is 2.39 bits per heavy atom. The standard InChI is InChI=1S/C19H25NO3/c1-4-14(3)23-19(22)17-8-6-5-7-16(17)18(21)20-15-11-9-13(2)10-12-15/h5-6,9-12,14,16-17H,4,7-8H2,1-3H3,(H,20,21)/t14-,16+,17-/m1/s1. The lowest BCUT2D eigenvalue weighted by atomic mass is 9.82. The van der Waals surface area contributed by atoms with Gasteiger partial charge in [-0.2, -0.15) is 0 Å². The van der Waals surface area contributed by atoms with Crippen molar-refractivity contribution < 1.29 is 14.3 Å². The van der Waals surface area contributed by atoms with Gasteiger partial charge in [0.05, 0.1) is 17.9 Å². The molecule has 0 unspecified atom stereocenters. The number of esters is 1. The monoisotopic (exact) mass is 315 g/mol. The lowest BCUT2D eigenvalue weighted by Gasteiger charge is -2.27. The van der Waals surface area contributed by atoms with Crippen molar-refractivity contribution in [3.8, 4) is 0 Å². The zero-order valence-electron chi connectivity index (χ0n) is 14.0. The molecule has 4 heteroatoms. The van der Waals surface area contributed by atoms with Crippen LogP contribution in [0.3, 0.4) is 0 Å². The van der Waals surface area contributed by atoms with Crippen molar-refractivity contribution in [2.45, 2.75) is 46.1 Å². The average molecular weight is 315 g/mol. The Hall–Kier alpha value is -2.10. The van der Waals surface area contributed by atoms with Crippen molar-refractivity contribution in [2.75, 3.05) is 5.32 Å². The summed E-state index contributed by atoms with van der Waals surface area (Å²) in [5.74, 6) is -1.17. The second-order valence-corrected chi connectivity index (χ2v) is 6.17. The molecule has 0 spiro atoms. The smallest absolute Gasteiger partial charge is 0.310 e. The van der Waals surface area contributed by atoms with E-state index < -0.39 is 5.92 Å². The summed E-state index contributed by atoms with van der Waals surface area (Å²) < 4.78 is 5.43. The summed E-state index contributed by atoms with van der Waals surface area (Å²) in [5.41, 5.74) is 1.89. The fourth-order valence-corrected chi connectivity index (χ4v) is 2.61. The molecule has 1 aliphatic carbocycles. The van der Waals surface area contributed by atoms with Crippen LogP contribution >= 0.6 is 0 Å². The minimum absolute atomic E-state index is 0.116. The van der Waals surface area contributed by atoms with Crippen molar-refractivity contribution >= 4 is 17.6 Å². The Labute approximate surface area is 137 Å². The van der Waals surface area contributed by atoms with Gasteiger partial charge < -0.3 is 10.1 Å². The molecule has 0 bridgehead atoms. The first-order valence-electron chi connectivity index (χ1n) is 8.24. The third-order valence-electron chi connectivity index (χ3n) is 4.28. The van der Waals surface area contributed by atoms with Gasteiger partial charge in [-0.05, 0) is 45.2 Å². The number of nitrogens with one attached hydrogen (secondary N) is 1. The van der Waals surface area contributed by atoms with E-state index in [9.17, 15) is 9.59 Å². The van der Waals surface area contributed by atoms with E-state index in [-0.39, 0.29) is 23.9 Å². The highest BCUT2D eigenvalue weighted by molar-refractivity contribution is 5.95. The predicted molar refractivity (Wildman–Crippen MR) is 91.0 cm³/mol. The molecule has 4 nitrogen and oxygen atoms in total. The molecule has 0 fully saturated rings. The average Bonchev–Trinajstić information content (AvgIpc) is 2.56. The molecule has 1 aliphatic rings. The molecule has 1 aromatic rings. The summed E-state index contributed by atoms with van der Waals surface area (Å²) in [4.78, 5) is 24.9. The van der Waals surface area contributed by atoms with Crippen molar-refractivity contribution in [2.24, 2.45) is 11.8 Å². The van der Waals surface area contributed by atoms with Gasteiger partial charge in [-0.1, -0.05) is 36.8 Å². The van der Waals surface area contributed by atoms with Crippen molar-refractivity contribution in [1.29, 1.82) is 0 Å². The van der Waals surface area contributed by atoms with Gasteiger partial charge in [0.15, 0.2) is 0 Å². The number of anilines is 1. The molecule has 1 aromatic carbocycles. The Kier molecular flexibility index (Phi) is 5.97. The van der Waals surface area contributed by atoms with Gasteiger partial charge in [0.1, 0.15) is 0 Å². The molecule has 3 atom stereocenters. The Balaban J connectivity index is 2.05. The highest BCUT2D eigenvalue weighted by Crippen LogP contribution is 2.28. The fourth-order valence-electron chi connectivity index (χ4n) is 2.61. The largest absolute Gasteiger partial charge is 0.462 e. The zero-order chi connectivity index (χ0) is 16.8. The van der Waals surface area contributed by atoms with E-state index >= 15 is 0 Å². The van der Waals surface area contributed by atoms with Gasteiger partial charge in [-0.15, -0.1) is 0 Å². The summed E-state index contributed by atoms with van der Waals surface area (Å²) in [7, 11) is 0. The third-order valence-corrected chi connectivity index (χ3v) is 4.28. The SMILES string of the molecule is CC[C@@H](C)OC(=O)[C@@H]1CC=CC[C@@H]1C(=O)Nc1ccc(C)cc1. The molecule has 124 valence electrons. The summed E-state index contributed by atoms with van der Waals surface area (Å²) in [6.45, 7) is 5.84. The molecule has 1 amide bonds. The van der Waals surface area contributed by atoms with Crippen LogP contribution in [0.15, 0.2) is 36.4 Å². The van der Waals surface area contributed by atoms with E-state index in [0.717, 1.165) is 17.7 Å². The highest BCUT2D eigenvalue weighted by Gasteiger charge is 2.35. The fraction of sp³-hybridized carbons (Fsp3) is 0.474. The molecule has 1 N–H and O–H groups in total. The van der Waals surface area contributed by atoms with Crippen LogP contribution in [-0.2, 0) is 14.3 Å². The maximum absolute atomic E-state index is 12.6. The van der Waals surface area contributed by atoms with Gasteiger partial charge in [0.2, 0.25) is 5.91 Å². The number of amides is 1. The van der Waals surface area contributed by atoms with E-state index in [4.69, 9.17) is 4.74 Å². The van der Waals surface area contributed by atoms with Crippen molar-refractivity contribution in [3.63, 3.8) is 0 Å². The molecular formula is C19H25NO3. The predicted octanol–water partition coefficient (Wildman–Crippen LogP) is 3.86. The van der Waals surface area contributed by atoms with Crippen LogP contribution in [0.5, 0.6) is 0 Å². The molecule has 0 radical (unpaired) electrons. The third kappa shape index (κ3) is 4.68. The lowest BCUT2D eigenvalue weighted by molar-refractivity contribution is -0.157. The van der Waals surface area contributed by atoms with Crippen LogP contribution in [0.2, 0.25) is 0 Å². The molecule has 2 rings (SSSR count). The first kappa shape index (κ1) is 17.3. The van der Waals surface area contributed by atoms with E-state index in [0.29, 0.717) is 12.8 Å². The van der Waals surface area contributed by atoms with Crippen LogP contribution in [-0.4, -0.2) is 18.0 Å². The second-order valence-electron chi connectivity index (χ2n) is 6.17. The first-order chi connectivity index (χ1) is 11.0. The van der Waals surface area contributed by atoms with Crippen LogP contribution in [0.25, 0.3) is 0 Å². The molecule has 23 heavy (non-hydrogen) atoms. The number of hydrogen-bond donors (Lipinski definition) is 1. The quantitative estimate of drug-likeness (QED) is 0.663. The van der Waals surface area contributed by atoms with Crippen molar-refractivity contribution in [3.05, 3.63) is 42.0 Å². The number of allylic oxidation sites excluding steroid dienone is 2. The van der Waals surface area contributed by atoms with Gasteiger partial charge in [0, 0.05) is 5.69 Å². The number of rotatable bonds is 5. The Morgan fingerprint density at radius 1 is 1.17 bits per heavy atom. The normalized spacial score (nSPS) is 21.5. The Bertz CT molecular complexity index is 577. The van der Waals surface area contributed by atoms with Gasteiger partial charge in [-0.3, -0.25) is 9.59 Å².